The number of amides is 1. The number of nitrogens with zero attached hydrogens (tertiary/aromatic N) is 1. The minimum absolute atomic E-state index is 0.0258. The van der Waals surface area contributed by atoms with Crippen LogP contribution in [0.5, 0.6) is 0 Å². The number of hydrogen-bond donors (Lipinski definition) is 1. The first-order chi connectivity index (χ1) is 16.2. The molecule has 1 atom stereocenters. The maximum absolute atomic E-state index is 12.8. The first-order valence-corrected chi connectivity index (χ1v) is 11.9. The standard InChI is InChI=1S/C30H30N2O/c1-22(23-10-4-2-5-11-23)21-31-30(33)25-16-18-27(19-17-25)32-28-15-9-8-14-26(28)20-29(32)24-12-6-3-7-13-24/h2-7,10-13,16-20,22H,8-9,14-15,21H2,1H3,(H,31,33). The van der Waals surface area contributed by atoms with Crippen LogP contribution < -0.4 is 5.32 Å². The van der Waals surface area contributed by atoms with E-state index in [-0.39, 0.29) is 11.8 Å². The molecule has 0 spiro atoms. The van der Waals surface area contributed by atoms with Crippen molar-refractivity contribution in [3.63, 3.8) is 0 Å². The van der Waals surface area contributed by atoms with E-state index in [1.165, 1.54) is 40.9 Å². The molecule has 3 nitrogen and oxygen atoms in total. The molecule has 0 saturated heterocycles. The van der Waals surface area contributed by atoms with Gasteiger partial charge in [-0.25, -0.2) is 0 Å². The zero-order valence-electron chi connectivity index (χ0n) is 19.1. The minimum Gasteiger partial charge on any atom is -0.351 e. The zero-order chi connectivity index (χ0) is 22.6. The summed E-state index contributed by atoms with van der Waals surface area (Å²) in [5.74, 6) is 0.247. The molecule has 1 aliphatic rings. The van der Waals surface area contributed by atoms with Crippen LogP contribution in [-0.4, -0.2) is 17.0 Å². The van der Waals surface area contributed by atoms with E-state index in [9.17, 15) is 4.79 Å². The molecule has 0 fully saturated rings. The van der Waals surface area contributed by atoms with Gasteiger partial charge in [-0.3, -0.25) is 4.79 Å². The Labute approximate surface area is 196 Å². The van der Waals surface area contributed by atoms with Crippen molar-refractivity contribution in [1.82, 2.24) is 9.88 Å². The van der Waals surface area contributed by atoms with E-state index in [2.05, 4.69) is 77.5 Å². The predicted octanol–water partition coefficient (Wildman–Crippen LogP) is 6.56. The van der Waals surface area contributed by atoms with Crippen molar-refractivity contribution in [2.24, 2.45) is 0 Å². The summed E-state index contributed by atoms with van der Waals surface area (Å²) in [5, 5.41) is 3.09. The lowest BCUT2D eigenvalue weighted by Gasteiger charge is -2.18. The largest absolute Gasteiger partial charge is 0.351 e. The van der Waals surface area contributed by atoms with Gasteiger partial charge in [0.25, 0.3) is 5.91 Å². The summed E-state index contributed by atoms with van der Waals surface area (Å²) in [7, 11) is 0. The van der Waals surface area contributed by atoms with E-state index in [0.717, 1.165) is 18.5 Å². The molecular weight excluding hydrogens is 404 g/mol. The Hall–Kier alpha value is -3.59. The molecule has 1 N–H and O–H groups in total. The van der Waals surface area contributed by atoms with Crippen LogP contribution in [0, 0.1) is 0 Å². The number of carbonyl (C=O) groups is 1. The third-order valence-corrected chi connectivity index (χ3v) is 6.70. The molecule has 33 heavy (non-hydrogen) atoms. The summed E-state index contributed by atoms with van der Waals surface area (Å²) in [6.45, 7) is 2.76. The third-order valence-electron chi connectivity index (χ3n) is 6.70. The summed E-state index contributed by atoms with van der Waals surface area (Å²) in [5.41, 5.74) is 8.37. The van der Waals surface area contributed by atoms with Crippen molar-refractivity contribution in [1.29, 1.82) is 0 Å². The highest BCUT2D eigenvalue weighted by atomic mass is 16.1. The van der Waals surface area contributed by atoms with Crippen LogP contribution in [0.3, 0.4) is 0 Å². The molecule has 3 aromatic carbocycles. The van der Waals surface area contributed by atoms with Gasteiger partial charge in [-0.05, 0) is 78.6 Å². The minimum atomic E-state index is -0.0258. The molecule has 1 amide bonds. The summed E-state index contributed by atoms with van der Waals surface area (Å²) >= 11 is 0. The summed E-state index contributed by atoms with van der Waals surface area (Å²) in [4.78, 5) is 12.8. The first kappa shape index (κ1) is 21.3. The van der Waals surface area contributed by atoms with Crippen molar-refractivity contribution in [3.05, 3.63) is 113 Å². The molecule has 1 aromatic heterocycles. The van der Waals surface area contributed by atoms with Gasteiger partial charge >= 0.3 is 0 Å². The monoisotopic (exact) mass is 434 g/mol. The zero-order valence-corrected chi connectivity index (χ0v) is 19.1. The first-order valence-electron chi connectivity index (χ1n) is 11.9. The van der Waals surface area contributed by atoms with Gasteiger partial charge in [0.05, 0.1) is 5.69 Å². The van der Waals surface area contributed by atoms with Crippen molar-refractivity contribution in [2.75, 3.05) is 6.54 Å². The smallest absolute Gasteiger partial charge is 0.251 e. The van der Waals surface area contributed by atoms with E-state index in [4.69, 9.17) is 0 Å². The van der Waals surface area contributed by atoms with Gasteiger partial charge < -0.3 is 9.88 Å². The highest BCUT2D eigenvalue weighted by molar-refractivity contribution is 5.94. The molecule has 3 heteroatoms. The average molecular weight is 435 g/mol. The molecule has 0 saturated carbocycles. The molecule has 0 radical (unpaired) electrons. The fourth-order valence-electron chi connectivity index (χ4n) is 4.82. The lowest BCUT2D eigenvalue weighted by Crippen LogP contribution is -2.27. The predicted molar refractivity (Wildman–Crippen MR) is 135 cm³/mol. The molecular formula is C30H30N2O. The molecule has 0 aliphatic heterocycles. The van der Waals surface area contributed by atoms with E-state index in [0.29, 0.717) is 12.1 Å². The molecule has 1 aliphatic carbocycles. The van der Waals surface area contributed by atoms with Crippen LogP contribution in [0.2, 0.25) is 0 Å². The van der Waals surface area contributed by atoms with Gasteiger partial charge in [0, 0.05) is 23.5 Å². The second kappa shape index (κ2) is 9.50. The number of aromatic nitrogens is 1. The van der Waals surface area contributed by atoms with Gasteiger partial charge in [-0.15, -0.1) is 0 Å². The van der Waals surface area contributed by atoms with Crippen LogP contribution in [0.15, 0.2) is 91.0 Å². The summed E-state index contributed by atoms with van der Waals surface area (Å²) in [6.07, 6.45) is 4.72. The fraction of sp³-hybridized carbons (Fsp3) is 0.233. The van der Waals surface area contributed by atoms with E-state index >= 15 is 0 Å². The second-order valence-electron chi connectivity index (χ2n) is 8.98. The van der Waals surface area contributed by atoms with Crippen molar-refractivity contribution in [3.8, 4) is 16.9 Å². The molecule has 4 aromatic rings. The highest BCUT2D eigenvalue weighted by Gasteiger charge is 2.20. The van der Waals surface area contributed by atoms with Crippen molar-refractivity contribution < 1.29 is 4.79 Å². The van der Waals surface area contributed by atoms with Gasteiger partial charge in [0.1, 0.15) is 0 Å². The quantitative estimate of drug-likeness (QED) is 0.366. The number of carbonyl (C=O) groups excluding carboxylic acids is 1. The van der Waals surface area contributed by atoms with Gasteiger partial charge in [0.2, 0.25) is 0 Å². The number of aryl methyl sites for hydroxylation is 1. The van der Waals surface area contributed by atoms with Crippen LogP contribution in [-0.2, 0) is 12.8 Å². The normalized spacial score (nSPS) is 13.8. The van der Waals surface area contributed by atoms with Crippen LogP contribution in [0.25, 0.3) is 16.9 Å². The Kier molecular flexibility index (Phi) is 6.12. The van der Waals surface area contributed by atoms with Crippen molar-refractivity contribution >= 4 is 5.91 Å². The molecule has 1 unspecified atom stereocenters. The van der Waals surface area contributed by atoms with Gasteiger partial charge in [-0.2, -0.15) is 0 Å². The van der Waals surface area contributed by atoms with E-state index in [1.807, 2.05) is 30.3 Å². The van der Waals surface area contributed by atoms with E-state index in [1.54, 1.807) is 0 Å². The molecule has 5 rings (SSSR count). The van der Waals surface area contributed by atoms with Crippen molar-refractivity contribution in [2.45, 2.75) is 38.5 Å². The lowest BCUT2D eigenvalue weighted by molar-refractivity contribution is 0.0951. The molecule has 0 bridgehead atoms. The van der Waals surface area contributed by atoms with Crippen LogP contribution in [0.1, 0.15) is 52.9 Å². The Morgan fingerprint density at radius 2 is 1.55 bits per heavy atom. The Bertz CT molecular complexity index is 1220. The average Bonchev–Trinajstić information content (AvgIpc) is 3.28. The maximum Gasteiger partial charge on any atom is 0.251 e. The second-order valence-corrected chi connectivity index (χ2v) is 8.98. The Balaban J connectivity index is 1.37. The number of benzene rings is 3. The van der Waals surface area contributed by atoms with Gasteiger partial charge in [-0.1, -0.05) is 67.6 Å². The Morgan fingerprint density at radius 3 is 2.27 bits per heavy atom. The number of hydrogen-bond acceptors (Lipinski definition) is 1. The lowest BCUT2D eigenvalue weighted by atomic mass is 9.98. The number of rotatable bonds is 6. The number of nitrogens with one attached hydrogen (secondary N) is 1. The number of fused-ring (bicyclic) bond motifs is 1. The highest BCUT2D eigenvalue weighted by Crippen LogP contribution is 2.34. The maximum atomic E-state index is 12.8. The summed E-state index contributed by atoms with van der Waals surface area (Å²) in [6, 6.07) is 31.3. The Morgan fingerprint density at radius 1 is 0.879 bits per heavy atom. The fourth-order valence-corrected chi connectivity index (χ4v) is 4.82. The topological polar surface area (TPSA) is 34.0 Å². The summed E-state index contributed by atoms with van der Waals surface area (Å²) < 4.78 is 2.39. The van der Waals surface area contributed by atoms with E-state index < -0.39 is 0 Å². The molecule has 1 heterocycles. The SMILES string of the molecule is CC(CNC(=O)c1ccc(-n2c(-c3ccccc3)cc3c2CCCC3)cc1)c1ccccc1. The molecule has 166 valence electrons. The van der Waals surface area contributed by atoms with Crippen LogP contribution in [0.4, 0.5) is 0 Å². The third kappa shape index (κ3) is 4.49. The van der Waals surface area contributed by atoms with Gasteiger partial charge in [0.15, 0.2) is 0 Å². The van der Waals surface area contributed by atoms with Crippen LogP contribution >= 0.6 is 0 Å².